The first-order valence-corrected chi connectivity index (χ1v) is 9.79. The van der Waals surface area contributed by atoms with E-state index in [1.807, 2.05) is 35.2 Å². The fourth-order valence-corrected chi connectivity index (χ4v) is 5.49. The number of carbonyl (C=O) groups excluding carboxylic acids is 1. The fourth-order valence-electron chi connectivity index (χ4n) is 5.49. The third-order valence-electron chi connectivity index (χ3n) is 6.38. The molecule has 2 aliphatic heterocycles. The number of quaternary nitrogens is 1. The highest BCUT2D eigenvalue weighted by molar-refractivity contribution is 5.89. The number of rotatable bonds is 3. The smallest absolute Gasteiger partial charge is 0.319 e. The Labute approximate surface area is 145 Å². The lowest BCUT2D eigenvalue weighted by molar-refractivity contribution is -0.982. The molecule has 1 saturated carbocycles. The van der Waals surface area contributed by atoms with Crippen LogP contribution in [0.1, 0.15) is 57.8 Å². The van der Waals surface area contributed by atoms with E-state index >= 15 is 0 Å². The molecule has 2 bridgehead atoms. The molecule has 3 aliphatic rings. The molecule has 1 aromatic carbocycles. The van der Waals surface area contributed by atoms with Gasteiger partial charge in [-0.05, 0) is 57.1 Å². The molecule has 2 atom stereocenters. The van der Waals surface area contributed by atoms with Gasteiger partial charge in [0, 0.05) is 24.6 Å². The zero-order chi connectivity index (χ0) is 16.4. The third kappa shape index (κ3) is 3.44. The minimum Gasteiger partial charge on any atom is -0.335 e. The van der Waals surface area contributed by atoms with Crippen LogP contribution in [-0.2, 0) is 0 Å². The van der Waals surface area contributed by atoms with Crippen molar-refractivity contribution >= 4 is 11.7 Å². The Balaban J connectivity index is 1.35. The van der Waals surface area contributed by atoms with Gasteiger partial charge in [0.1, 0.15) is 0 Å². The highest BCUT2D eigenvalue weighted by Gasteiger charge is 2.45. The Kier molecular flexibility index (Phi) is 4.74. The number of hydrogen-bond acceptors (Lipinski definition) is 1. The number of benzene rings is 1. The van der Waals surface area contributed by atoms with Gasteiger partial charge in [-0.3, -0.25) is 0 Å². The van der Waals surface area contributed by atoms with Gasteiger partial charge in [-0.1, -0.05) is 18.2 Å². The summed E-state index contributed by atoms with van der Waals surface area (Å²) in [6.07, 6.45) is 12.1. The number of anilines is 1. The van der Waals surface area contributed by atoms with E-state index in [0.29, 0.717) is 6.04 Å². The highest BCUT2D eigenvalue weighted by atomic mass is 16.2. The van der Waals surface area contributed by atoms with Crippen LogP contribution >= 0.6 is 0 Å². The molecule has 0 spiro atoms. The van der Waals surface area contributed by atoms with Gasteiger partial charge in [0.05, 0.1) is 18.1 Å². The topological polar surface area (TPSA) is 45.6 Å². The van der Waals surface area contributed by atoms with E-state index in [1.165, 1.54) is 44.9 Å². The minimum absolute atomic E-state index is 0.0476. The van der Waals surface area contributed by atoms with E-state index in [0.717, 1.165) is 36.7 Å². The lowest BCUT2D eigenvalue weighted by Gasteiger charge is -2.48. The standard InChI is InChI=1S/C20H29N3O/c24-20(21-15-7-2-1-3-8-15)22-16-13-18-11-6-12-19(14-16)23(18)17-9-4-5-10-17/h1-3,7-8,16-19H,4-6,9-14H2,(H2,21,22,24)/p+1/t18-,19-/m1/s1. The second-order valence-electron chi connectivity index (χ2n) is 7.94. The van der Waals surface area contributed by atoms with Gasteiger partial charge in [-0.2, -0.15) is 0 Å². The summed E-state index contributed by atoms with van der Waals surface area (Å²) in [5.41, 5.74) is 0.865. The third-order valence-corrected chi connectivity index (χ3v) is 6.38. The second kappa shape index (κ2) is 7.14. The van der Waals surface area contributed by atoms with Crippen molar-refractivity contribution in [3.63, 3.8) is 0 Å². The molecule has 4 nitrogen and oxygen atoms in total. The lowest BCUT2D eigenvalue weighted by Crippen LogP contribution is -3.24. The van der Waals surface area contributed by atoms with Gasteiger partial charge in [0.15, 0.2) is 0 Å². The molecular formula is C20H30N3O+. The Bertz CT molecular complexity index is 541. The van der Waals surface area contributed by atoms with Crippen LogP contribution in [0.5, 0.6) is 0 Å². The monoisotopic (exact) mass is 328 g/mol. The maximum atomic E-state index is 12.3. The summed E-state index contributed by atoms with van der Waals surface area (Å²) in [5, 5.41) is 6.21. The van der Waals surface area contributed by atoms with E-state index in [4.69, 9.17) is 0 Å². The summed E-state index contributed by atoms with van der Waals surface area (Å²) < 4.78 is 0. The summed E-state index contributed by atoms with van der Waals surface area (Å²) in [6, 6.07) is 12.5. The Morgan fingerprint density at radius 2 is 1.50 bits per heavy atom. The molecule has 2 amide bonds. The van der Waals surface area contributed by atoms with Gasteiger partial charge >= 0.3 is 6.03 Å². The van der Waals surface area contributed by atoms with Crippen LogP contribution in [0, 0.1) is 0 Å². The molecule has 2 saturated heterocycles. The zero-order valence-electron chi connectivity index (χ0n) is 14.5. The molecule has 1 aromatic rings. The minimum atomic E-state index is -0.0476. The number of piperidine rings is 2. The molecule has 0 unspecified atom stereocenters. The SMILES string of the molecule is O=C(Nc1ccccc1)NC1C[C@H]2CCC[C@H](C1)[NH+]2C1CCCC1. The van der Waals surface area contributed by atoms with Crippen molar-refractivity contribution in [3.05, 3.63) is 30.3 Å². The maximum Gasteiger partial charge on any atom is 0.319 e. The summed E-state index contributed by atoms with van der Waals surface area (Å²) >= 11 is 0. The van der Waals surface area contributed by atoms with Crippen LogP contribution < -0.4 is 15.5 Å². The van der Waals surface area contributed by atoms with E-state index in [2.05, 4.69) is 10.6 Å². The first-order valence-electron chi connectivity index (χ1n) is 9.79. The number of hydrogen-bond donors (Lipinski definition) is 3. The average molecular weight is 328 g/mol. The van der Waals surface area contributed by atoms with Crippen LogP contribution in [0.3, 0.4) is 0 Å². The number of carbonyl (C=O) groups is 1. The Hall–Kier alpha value is -1.55. The van der Waals surface area contributed by atoms with Crippen molar-refractivity contribution in [2.75, 3.05) is 5.32 Å². The van der Waals surface area contributed by atoms with Gasteiger partial charge in [0.25, 0.3) is 0 Å². The van der Waals surface area contributed by atoms with Crippen LogP contribution in [-0.4, -0.2) is 30.2 Å². The molecule has 4 rings (SSSR count). The average Bonchev–Trinajstić information content (AvgIpc) is 3.09. The van der Waals surface area contributed by atoms with Crippen molar-refractivity contribution in [2.24, 2.45) is 0 Å². The van der Waals surface area contributed by atoms with E-state index < -0.39 is 0 Å². The molecule has 3 N–H and O–H groups in total. The molecule has 2 heterocycles. The van der Waals surface area contributed by atoms with Gasteiger partial charge in [0.2, 0.25) is 0 Å². The number of nitrogens with one attached hydrogen (secondary N) is 3. The summed E-state index contributed by atoms with van der Waals surface area (Å²) in [6.45, 7) is 0. The van der Waals surface area contributed by atoms with Crippen LogP contribution in [0.15, 0.2) is 30.3 Å². The summed E-state index contributed by atoms with van der Waals surface area (Å²) in [7, 11) is 0. The van der Waals surface area contributed by atoms with Gasteiger partial charge < -0.3 is 15.5 Å². The molecule has 24 heavy (non-hydrogen) atoms. The quantitative estimate of drug-likeness (QED) is 0.785. The largest absolute Gasteiger partial charge is 0.335 e. The normalized spacial score (nSPS) is 33.2. The summed E-state index contributed by atoms with van der Waals surface area (Å²) in [4.78, 5) is 14.2. The molecular weight excluding hydrogens is 298 g/mol. The molecule has 3 fully saturated rings. The lowest BCUT2D eigenvalue weighted by atomic mass is 9.80. The molecule has 130 valence electrons. The van der Waals surface area contributed by atoms with Crippen LogP contribution in [0.2, 0.25) is 0 Å². The van der Waals surface area contributed by atoms with E-state index in [9.17, 15) is 4.79 Å². The Morgan fingerprint density at radius 3 is 2.17 bits per heavy atom. The van der Waals surface area contributed by atoms with Crippen LogP contribution in [0.25, 0.3) is 0 Å². The Morgan fingerprint density at radius 1 is 0.875 bits per heavy atom. The summed E-state index contributed by atoms with van der Waals surface area (Å²) in [5.74, 6) is 0. The molecule has 1 aliphatic carbocycles. The van der Waals surface area contributed by atoms with Gasteiger partial charge in [-0.15, -0.1) is 0 Å². The highest BCUT2D eigenvalue weighted by Crippen LogP contribution is 2.26. The van der Waals surface area contributed by atoms with E-state index in [-0.39, 0.29) is 6.03 Å². The molecule has 0 aromatic heterocycles. The number of amides is 2. The van der Waals surface area contributed by atoms with Gasteiger partial charge in [-0.25, -0.2) is 4.79 Å². The zero-order valence-corrected chi connectivity index (χ0v) is 14.5. The van der Waals surface area contributed by atoms with Crippen molar-refractivity contribution in [2.45, 2.75) is 82.0 Å². The van der Waals surface area contributed by atoms with Crippen molar-refractivity contribution < 1.29 is 9.69 Å². The van der Waals surface area contributed by atoms with E-state index in [1.54, 1.807) is 0 Å². The predicted octanol–water partition coefficient (Wildman–Crippen LogP) is 2.72. The van der Waals surface area contributed by atoms with Crippen molar-refractivity contribution in [1.82, 2.24) is 5.32 Å². The first-order chi connectivity index (χ1) is 11.8. The van der Waals surface area contributed by atoms with Crippen LogP contribution in [0.4, 0.5) is 10.5 Å². The first kappa shape index (κ1) is 15.9. The van der Waals surface area contributed by atoms with Crippen molar-refractivity contribution in [3.8, 4) is 0 Å². The molecule has 4 heteroatoms. The predicted molar refractivity (Wildman–Crippen MR) is 96.3 cm³/mol. The second-order valence-corrected chi connectivity index (χ2v) is 7.94. The number of urea groups is 1. The van der Waals surface area contributed by atoms with Crippen molar-refractivity contribution in [1.29, 1.82) is 0 Å². The molecule has 0 radical (unpaired) electrons. The number of fused-ring (bicyclic) bond motifs is 2. The number of para-hydroxylation sites is 1. The maximum absolute atomic E-state index is 12.3. The fraction of sp³-hybridized carbons (Fsp3) is 0.650.